The molecule has 0 atom stereocenters. The van der Waals surface area contributed by atoms with Crippen LogP contribution in [0.5, 0.6) is 11.5 Å². The Morgan fingerprint density at radius 3 is 2.29 bits per heavy atom. The minimum Gasteiger partial charge on any atom is -0.493 e. The highest BCUT2D eigenvalue weighted by Gasteiger charge is 2.09. The first-order valence-corrected chi connectivity index (χ1v) is 6.24. The van der Waals surface area contributed by atoms with Crippen LogP contribution in [0.3, 0.4) is 0 Å². The molecule has 0 heterocycles. The van der Waals surface area contributed by atoms with Crippen molar-refractivity contribution in [2.75, 3.05) is 25.3 Å². The third kappa shape index (κ3) is 3.34. The van der Waals surface area contributed by atoms with Crippen molar-refractivity contribution < 1.29 is 18.3 Å². The Kier molecular flexibility index (Phi) is 4.47. The standard InChI is InChI=1S/C15H16F2N2O2/c1-20-14-6-12(18)13(7-15(14)21-2)19-8-9-3-4-10(16)11(17)5-9/h3-7,19H,8,18H2,1-2H3. The van der Waals surface area contributed by atoms with E-state index in [1.807, 2.05) is 0 Å². The van der Waals surface area contributed by atoms with Crippen LogP contribution in [0.15, 0.2) is 30.3 Å². The summed E-state index contributed by atoms with van der Waals surface area (Å²) in [6, 6.07) is 7.05. The van der Waals surface area contributed by atoms with Gasteiger partial charge in [-0.3, -0.25) is 0 Å². The summed E-state index contributed by atoms with van der Waals surface area (Å²) in [5.41, 5.74) is 7.60. The van der Waals surface area contributed by atoms with Crippen LogP contribution in [-0.2, 0) is 6.54 Å². The Balaban J connectivity index is 2.17. The molecule has 0 aliphatic heterocycles. The normalized spacial score (nSPS) is 10.3. The fraction of sp³-hybridized carbons (Fsp3) is 0.200. The molecule has 0 radical (unpaired) electrons. The first kappa shape index (κ1) is 14.9. The number of rotatable bonds is 5. The van der Waals surface area contributed by atoms with Crippen LogP contribution in [0.2, 0.25) is 0 Å². The molecule has 2 aromatic carbocycles. The third-order valence-electron chi connectivity index (χ3n) is 3.02. The number of halogens is 2. The molecular formula is C15H16F2N2O2. The van der Waals surface area contributed by atoms with Crippen molar-refractivity contribution in [3.63, 3.8) is 0 Å². The van der Waals surface area contributed by atoms with Crippen LogP contribution in [-0.4, -0.2) is 14.2 Å². The Bertz CT molecular complexity index is 648. The van der Waals surface area contributed by atoms with Gasteiger partial charge in [0.05, 0.1) is 25.6 Å². The first-order chi connectivity index (χ1) is 10.0. The Hall–Kier alpha value is -2.50. The molecule has 0 fully saturated rings. The van der Waals surface area contributed by atoms with Gasteiger partial charge in [-0.2, -0.15) is 0 Å². The SMILES string of the molecule is COc1cc(N)c(NCc2ccc(F)c(F)c2)cc1OC. The number of ether oxygens (including phenoxy) is 2. The van der Waals surface area contributed by atoms with E-state index in [2.05, 4.69) is 5.32 Å². The highest BCUT2D eigenvalue weighted by molar-refractivity contribution is 5.72. The Morgan fingerprint density at radius 1 is 1.00 bits per heavy atom. The minimum absolute atomic E-state index is 0.302. The zero-order valence-electron chi connectivity index (χ0n) is 11.7. The number of nitrogens with one attached hydrogen (secondary N) is 1. The molecule has 0 aliphatic rings. The molecule has 2 aromatic rings. The largest absolute Gasteiger partial charge is 0.493 e. The van der Waals surface area contributed by atoms with E-state index < -0.39 is 11.6 Å². The predicted octanol–water partition coefficient (Wildman–Crippen LogP) is 3.18. The second-order valence-electron chi connectivity index (χ2n) is 4.40. The van der Waals surface area contributed by atoms with Gasteiger partial charge in [0.15, 0.2) is 23.1 Å². The summed E-state index contributed by atoms with van der Waals surface area (Å²) in [7, 11) is 3.04. The molecule has 21 heavy (non-hydrogen) atoms. The van der Waals surface area contributed by atoms with Gasteiger partial charge in [0.1, 0.15) is 0 Å². The quantitative estimate of drug-likeness (QED) is 0.832. The molecule has 0 aromatic heterocycles. The number of hydrogen-bond donors (Lipinski definition) is 2. The molecule has 112 valence electrons. The molecule has 0 unspecified atom stereocenters. The monoisotopic (exact) mass is 294 g/mol. The van der Waals surface area contributed by atoms with Gasteiger partial charge < -0.3 is 20.5 Å². The maximum Gasteiger partial charge on any atom is 0.162 e. The van der Waals surface area contributed by atoms with Crippen molar-refractivity contribution in [3.05, 3.63) is 47.5 Å². The molecule has 0 saturated carbocycles. The fourth-order valence-corrected chi connectivity index (χ4v) is 1.89. The Morgan fingerprint density at radius 2 is 1.67 bits per heavy atom. The molecule has 3 N–H and O–H groups in total. The lowest BCUT2D eigenvalue weighted by molar-refractivity contribution is 0.355. The van der Waals surface area contributed by atoms with E-state index in [1.165, 1.54) is 20.3 Å². The first-order valence-electron chi connectivity index (χ1n) is 6.24. The van der Waals surface area contributed by atoms with Crippen molar-refractivity contribution in [3.8, 4) is 11.5 Å². The van der Waals surface area contributed by atoms with Gasteiger partial charge in [0.2, 0.25) is 0 Å². The van der Waals surface area contributed by atoms with E-state index in [1.54, 1.807) is 12.1 Å². The summed E-state index contributed by atoms with van der Waals surface area (Å²) in [4.78, 5) is 0. The van der Waals surface area contributed by atoms with Crippen LogP contribution >= 0.6 is 0 Å². The van der Waals surface area contributed by atoms with Gasteiger partial charge in [-0.1, -0.05) is 6.07 Å². The van der Waals surface area contributed by atoms with Crippen molar-refractivity contribution in [1.29, 1.82) is 0 Å². The molecule has 0 spiro atoms. The number of anilines is 2. The van der Waals surface area contributed by atoms with E-state index in [0.29, 0.717) is 35.0 Å². The van der Waals surface area contributed by atoms with Crippen molar-refractivity contribution >= 4 is 11.4 Å². The third-order valence-corrected chi connectivity index (χ3v) is 3.02. The van der Waals surface area contributed by atoms with Gasteiger partial charge >= 0.3 is 0 Å². The Labute approximate surface area is 121 Å². The molecule has 0 saturated heterocycles. The maximum absolute atomic E-state index is 13.1. The zero-order valence-corrected chi connectivity index (χ0v) is 11.7. The maximum atomic E-state index is 13.1. The number of nitrogen functional groups attached to an aromatic ring is 1. The van der Waals surface area contributed by atoms with E-state index in [-0.39, 0.29) is 0 Å². The molecule has 6 heteroatoms. The molecule has 0 amide bonds. The van der Waals surface area contributed by atoms with Crippen molar-refractivity contribution in [1.82, 2.24) is 0 Å². The zero-order chi connectivity index (χ0) is 15.4. The van der Waals surface area contributed by atoms with Gasteiger partial charge in [0, 0.05) is 18.7 Å². The molecule has 0 bridgehead atoms. The smallest absolute Gasteiger partial charge is 0.162 e. The molecule has 2 rings (SSSR count). The lowest BCUT2D eigenvalue weighted by Crippen LogP contribution is -2.04. The summed E-state index contributed by atoms with van der Waals surface area (Å²) >= 11 is 0. The summed E-state index contributed by atoms with van der Waals surface area (Å²) in [6.07, 6.45) is 0. The second-order valence-corrected chi connectivity index (χ2v) is 4.40. The number of benzene rings is 2. The number of hydrogen-bond acceptors (Lipinski definition) is 4. The number of methoxy groups -OCH3 is 2. The second kappa shape index (κ2) is 6.30. The van der Waals surface area contributed by atoms with Gasteiger partial charge in [0.25, 0.3) is 0 Å². The average Bonchev–Trinajstić information content (AvgIpc) is 2.49. The van der Waals surface area contributed by atoms with E-state index in [0.717, 1.165) is 12.1 Å². The highest BCUT2D eigenvalue weighted by atomic mass is 19.2. The summed E-state index contributed by atoms with van der Waals surface area (Å²) in [6.45, 7) is 0.302. The van der Waals surface area contributed by atoms with Crippen LogP contribution in [0, 0.1) is 11.6 Å². The number of nitrogens with two attached hydrogens (primary N) is 1. The van der Waals surface area contributed by atoms with Crippen LogP contribution in [0.4, 0.5) is 20.2 Å². The van der Waals surface area contributed by atoms with Gasteiger partial charge in [-0.05, 0) is 17.7 Å². The molecule has 4 nitrogen and oxygen atoms in total. The van der Waals surface area contributed by atoms with E-state index in [4.69, 9.17) is 15.2 Å². The summed E-state index contributed by atoms with van der Waals surface area (Å²) in [5, 5.41) is 3.05. The predicted molar refractivity (Wildman–Crippen MR) is 77.6 cm³/mol. The minimum atomic E-state index is -0.880. The van der Waals surface area contributed by atoms with Crippen LogP contribution in [0.1, 0.15) is 5.56 Å². The van der Waals surface area contributed by atoms with Crippen LogP contribution < -0.4 is 20.5 Å². The van der Waals surface area contributed by atoms with Gasteiger partial charge in [-0.25, -0.2) is 8.78 Å². The molecular weight excluding hydrogens is 278 g/mol. The lowest BCUT2D eigenvalue weighted by atomic mass is 10.2. The topological polar surface area (TPSA) is 56.5 Å². The van der Waals surface area contributed by atoms with Crippen molar-refractivity contribution in [2.45, 2.75) is 6.54 Å². The average molecular weight is 294 g/mol. The fourth-order valence-electron chi connectivity index (χ4n) is 1.89. The highest BCUT2D eigenvalue weighted by Crippen LogP contribution is 2.34. The lowest BCUT2D eigenvalue weighted by Gasteiger charge is -2.14. The van der Waals surface area contributed by atoms with Gasteiger partial charge in [-0.15, -0.1) is 0 Å². The molecule has 0 aliphatic carbocycles. The summed E-state index contributed by atoms with van der Waals surface area (Å²) in [5.74, 6) is -0.702. The van der Waals surface area contributed by atoms with E-state index >= 15 is 0 Å². The van der Waals surface area contributed by atoms with E-state index in [9.17, 15) is 8.78 Å². The van der Waals surface area contributed by atoms with Crippen molar-refractivity contribution in [2.24, 2.45) is 0 Å². The van der Waals surface area contributed by atoms with Crippen LogP contribution in [0.25, 0.3) is 0 Å². The summed E-state index contributed by atoms with van der Waals surface area (Å²) < 4.78 is 36.3.